The zero-order valence-corrected chi connectivity index (χ0v) is 12.5. The number of hydrogen-bond donors (Lipinski definition) is 2. The molecule has 3 N–H and O–H groups in total. The number of rotatable bonds is 6. The third-order valence-electron chi connectivity index (χ3n) is 4.09. The molecule has 4 nitrogen and oxygen atoms in total. The standard InChI is InChI=1S/C16H26N2O2/c1-19-15-8-7-12(11-16(15)20-2)9-10-18-14-6-4-3-5-13(14)17/h7-8,11,13-14,18H,3-6,9-10,17H2,1-2H3/t13-,14-/m0/s1. The topological polar surface area (TPSA) is 56.5 Å². The summed E-state index contributed by atoms with van der Waals surface area (Å²) >= 11 is 0. The number of nitrogens with two attached hydrogens (primary N) is 1. The van der Waals surface area contributed by atoms with Crippen molar-refractivity contribution in [1.29, 1.82) is 0 Å². The highest BCUT2D eigenvalue weighted by Crippen LogP contribution is 2.27. The fraction of sp³-hybridized carbons (Fsp3) is 0.625. The Bertz CT molecular complexity index is 423. The second kappa shape index (κ2) is 7.50. The summed E-state index contributed by atoms with van der Waals surface area (Å²) in [6.07, 6.45) is 5.89. The quantitative estimate of drug-likeness (QED) is 0.837. The van der Waals surface area contributed by atoms with Gasteiger partial charge in [-0.15, -0.1) is 0 Å². The van der Waals surface area contributed by atoms with Gasteiger partial charge in [-0.25, -0.2) is 0 Å². The lowest BCUT2D eigenvalue weighted by Gasteiger charge is -2.29. The predicted octanol–water partition coefficient (Wildman–Crippen LogP) is 2.11. The molecular formula is C16H26N2O2. The van der Waals surface area contributed by atoms with Crippen LogP contribution in [0.2, 0.25) is 0 Å². The van der Waals surface area contributed by atoms with Gasteiger partial charge in [-0.05, 0) is 43.5 Å². The second-order valence-electron chi connectivity index (χ2n) is 5.45. The highest BCUT2D eigenvalue weighted by molar-refractivity contribution is 5.42. The van der Waals surface area contributed by atoms with E-state index in [9.17, 15) is 0 Å². The van der Waals surface area contributed by atoms with Gasteiger partial charge in [0.15, 0.2) is 11.5 Å². The normalized spacial score (nSPS) is 22.6. The van der Waals surface area contributed by atoms with Crippen molar-refractivity contribution in [2.24, 2.45) is 5.73 Å². The Hall–Kier alpha value is -1.26. The van der Waals surface area contributed by atoms with Crippen LogP contribution in [0.3, 0.4) is 0 Å². The first-order chi connectivity index (χ1) is 9.74. The molecule has 0 aromatic heterocycles. The van der Waals surface area contributed by atoms with Crippen LogP contribution >= 0.6 is 0 Å². The highest BCUT2D eigenvalue weighted by atomic mass is 16.5. The van der Waals surface area contributed by atoms with Gasteiger partial charge in [-0.2, -0.15) is 0 Å². The van der Waals surface area contributed by atoms with Crippen LogP contribution in [0.1, 0.15) is 31.2 Å². The predicted molar refractivity (Wildman–Crippen MR) is 81.5 cm³/mol. The lowest BCUT2D eigenvalue weighted by Crippen LogP contribution is -2.47. The molecule has 0 saturated heterocycles. The fourth-order valence-corrected chi connectivity index (χ4v) is 2.85. The van der Waals surface area contributed by atoms with E-state index >= 15 is 0 Å². The molecule has 1 aliphatic carbocycles. The van der Waals surface area contributed by atoms with E-state index in [0.717, 1.165) is 30.9 Å². The van der Waals surface area contributed by atoms with Crippen LogP contribution in [0.5, 0.6) is 11.5 Å². The Balaban J connectivity index is 1.84. The maximum absolute atomic E-state index is 6.14. The number of methoxy groups -OCH3 is 2. The van der Waals surface area contributed by atoms with Crippen LogP contribution < -0.4 is 20.5 Å². The fourth-order valence-electron chi connectivity index (χ4n) is 2.85. The maximum Gasteiger partial charge on any atom is 0.160 e. The van der Waals surface area contributed by atoms with Gasteiger partial charge >= 0.3 is 0 Å². The summed E-state index contributed by atoms with van der Waals surface area (Å²) in [5.41, 5.74) is 7.39. The molecule has 1 saturated carbocycles. The van der Waals surface area contributed by atoms with E-state index in [0.29, 0.717) is 12.1 Å². The Morgan fingerprint density at radius 3 is 2.60 bits per heavy atom. The molecule has 20 heavy (non-hydrogen) atoms. The lowest BCUT2D eigenvalue weighted by atomic mass is 9.91. The van der Waals surface area contributed by atoms with Crippen molar-refractivity contribution in [3.63, 3.8) is 0 Å². The third-order valence-corrected chi connectivity index (χ3v) is 4.09. The highest BCUT2D eigenvalue weighted by Gasteiger charge is 2.20. The van der Waals surface area contributed by atoms with E-state index in [1.165, 1.54) is 24.8 Å². The van der Waals surface area contributed by atoms with Gasteiger partial charge in [0.1, 0.15) is 0 Å². The van der Waals surface area contributed by atoms with Crippen molar-refractivity contribution in [3.05, 3.63) is 23.8 Å². The average Bonchev–Trinajstić information content (AvgIpc) is 2.49. The largest absolute Gasteiger partial charge is 0.493 e. The van der Waals surface area contributed by atoms with Crippen LogP contribution in [0.25, 0.3) is 0 Å². The van der Waals surface area contributed by atoms with Crippen LogP contribution in [0.15, 0.2) is 18.2 Å². The van der Waals surface area contributed by atoms with Crippen molar-refractivity contribution < 1.29 is 9.47 Å². The van der Waals surface area contributed by atoms with Crippen LogP contribution in [-0.2, 0) is 6.42 Å². The van der Waals surface area contributed by atoms with E-state index in [4.69, 9.17) is 15.2 Å². The molecule has 0 unspecified atom stereocenters. The maximum atomic E-state index is 6.14. The molecule has 1 aromatic carbocycles. The Labute approximate surface area is 121 Å². The Kier molecular flexibility index (Phi) is 5.68. The molecule has 1 aliphatic rings. The van der Waals surface area contributed by atoms with E-state index < -0.39 is 0 Å². The zero-order chi connectivity index (χ0) is 14.4. The van der Waals surface area contributed by atoms with Crippen LogP contribution in [-0.4, -0.2) is 32.8 Å². The van der Waals surface area contributed by atoms with Gasteiger partial charge in [0.05, 0.1) is 14.2 Å². The Morgan fingerprint density at radius 1 is 1.15 bits per heavy atom. The number of ether oxygens (including phenoxy) is 2. The van der Waals surface area contributed by atoms with Crippen molar-refractivity contribution in [2.75, 3.05) is 20.8 Å². The first kappa shape index (κ1) is 15.1. The van der Waals surface area contributed by atoms with Crippen LogP contribution in [0.4, 0.5) is 0 Å². The van der Waals surface area contributed by atoms with Gasteiger partial charge in [0, 0.05) is 12.1 Å². The van der Waals surface area contributed by atoms with Crippen molar-refractivity contribution >= 4 is 0 Å². The zero-order valence-electron chi connectivity index (χ0n) is 12.5. The minimum absolute atomic E-state index is 0.314. The van der Waals surface area contributed by atoms with E-state index in [1.54, 1.807) is 14.2 Å². The van der Waals surface area contributed by atoms with Gasteiger partial charge < -0.3 is 20.5 Å². The molecule has 0 heterocycles. The average molecular weight is 278 g/mol. The monoisotopic (exact) mass is 278 g/mol. The van der Waals surface area contributed by atoms with Gasteiger partial charge in [0.25, 0.3) is 0 Å². The minimum atomic E-state index is 0.314. The summed E-state index contributed by atoms with van der Waals surface area (Å²) < 4.78 is 10.6. The Morgan fingerprint density at radius 2 is 1.90 bits per heavy atom. The van der Waals surface area contributed by atoms with Gasteiger partial charge in [-0.1, -0.05) is 18.9 Å². The van der Waals surface area contributed by atoms with Crippen LogP contribution in [0, 0.1) is 0 Å². The first-order valence-corrected chi connectivity index (χ1v) is 7.44. The van der Waals surface area contributed by atoms with E-state index in [1.807, 2.05) is 12.1 Å². The summed E-state index contributed by atoms with van der Waals surface area (Å²) in [4.78, 5) is 0. The summed E-state index contributed by atoms with van der Waals surface area (Å²) in [5.74, 6) is 1.57. The molecule has 0 amide bonds. The smallest absolute Gasteiger partial charge is 0.160 e. The minimum Gasteiger partial charge on any atom is -0.493 e. The molecule has 0 bridgehead atoms. The molecule has 1 aromatic rings. The lowest BCUT2D eigenvalue weighted by molar-refractivity contribution is 0.329. The molecule has 1 fully saturated rings. The number of hydrogen-bond acceptors (Lipinski definition) is 4. The van der Waals surface area contributed by atoms with Crippen molar-refractivity contribution in [2.45, 2.75) is 44.2 Å². The second-order valence-corrected chi connectivity index (χ2v) is 5.45. The van der Waals surface area contributed by atoms with Gasteiger partial charge in [-0.3, -0.25) is 0 Å². The number of nitrogens with one attached hydrogen (secondary N) is 1. The SMILES string of the molecule is COc1ccc(CCN[C@H]2CCCC[C@@H]2N)cc1OC. The third kappa shape index (κ3) is 3.87. The molecule has 2 atom stereocenters. The number of benzene rings is 1. The molecule has 0 radical (unpaired) electrons. The molecule has 2 rings (SSSR count). The van der Waals surface area contributed by atoms with E-state index in [2.05, 4.69) is 11.4 Å². The molecule has 4 heteroatoms. The molecule has 112 valence electrons. The summed E-state index contributed by atoms with van der Waals surface area (Å²) in [5, 5.41) is 3.59. The molecular weight excluding hydrogens is 252 g/mol. The summed E-state index contributed by atoms with van der Waals surface area (Å²) in [6, 6.07) is 6.88. The van der Waals surface area contributed by atoms with E-state index in [-0.39, 0.29) is 0 Å². The van der Waals surface area contributed by atoms with Gasteiger partial charge in [0.2, 0.25) is 0 Å². The molecule has 0 aliphatic heterocycles. The summed E-state index contributed by atoms with van der Waals surface area (Å²) in [7, 11) is 3.32. The molecule has 0 spiro atoms. The van der Waals surface area contributed by atoms with Crippen molar-refractivity contribution in [1.82, 2.24) is 5.32 Å². The first-order valence-electron chi connectivity index (χ1n) is 7.44. The van der Waals surface area contributed by atoms with Crippen molar-refractivity contribution in [3.8, 4) is 11.5 Å². The summed E-state index contributed by atoms with van der Waals surface area (Å²) in [6.45, 7) is 0.952.